The second kappa shape index (κ2) is 36.0. The zero-order valence-electron chi connectivity index (χ0n) is 57.7. The Labute approximate surface area is 596 Å². The van der Waals surface area contributed by atoms with Crippen molar-refractivity contribution in [2.24, 2.45) is 0 Å². The lowest BCUT2D eigenvalue weighted by Crippen LogP contribution is -2.55. The van der Waals surface area contributed by atoms with E-state index in [0.29, 0.717) is 56.7 Å². The number of phenolic OH excluding ortho intramolecular Hbond substituents is 2. The Kier molecular flexibility index (Phi) is 27.7. The number of likely N-dealkylation sites (N-methyl/N-ethyl adjacent to an activating group) is 1. The Morgan fingerprint density at radius 1 is 0.792 bits per heavy atom. The normalized spacial score (nSPS) is 21.2. The number of aliphatic hydroxyl groups is 1. The van der Waals surface area contributed by atoms with Gasteiger partial charge in [0.1, 0.15) is 34.0 Å². The number of benzene rings is 3. The Morgan fingerprint density at radius 3 is 2.14 bits per heavy atom. The number of rotatable bonds is 32. The number of hydrogen-bond donors (Lipinski definition) is 7. The molecular weight excluding hydrogens is 1370 g/mol. The zero-order valence-corrected chi connectivity index (χ0v) is 60.1. The summed E-state index contributed by atoms with van der Waals surface area (Å²) in [7, 11) is 4.37. The Bertz CT molecular complexity index is 3880. The largest absolute Gasteiger partial charge is 0.507 e. The molecule has 2 aromatic heterocycles. The average Bonchev–Trinajstić information content (AvgIpc) is 0.810. The van der Waals surface area contributed by atoms with Crippen LogP contribution in [0.3, 0.4) is 0 Å². The van der Waals surface area contributed by atoms with Crippen molar-refractivity contribution >= 4 is 98.6 Å². The molecule has 101 heavy (non-hydrogen) atoms. The highest BCUT2D eigenvalue weighted by Gasteiger charge is 2.55. The molecule has 5 aromatic rings. The van der Waals surface area contributed by atoms with E-state index in [2.05, 4.69) is 38.7 Å². The van der Waals surface area contributed by atoms with Crippen LogP contribution in [-0.2, 0) is 92.0 Å². The minimum atomic E-state index is -1.92. The highest BCUT2D eigenvalue weighted by molar-refractivity contribution is 7.98. The second-order valence-electron chi connectivity index (χ2n) is 24.6. The number of ether oxygens (including phenoxy) is 8. The molecule has 546 valence electrons. The van der Waals surface area contributed by atoms with Crippen LogP contribution < -0.4 is 26.0 Å². The van der Waals surface area contributed by atoms with Crippen molar-refractivity contribution < 1.29 is 96.4 Å². The van der Waals surface area contributed by atoms with Crippen molar-refractivity contribution in [3.05, 3.63) is 103 Å². The molecule has 5 heterocycles. The maximum absolute atomic E-state index is 14.3. The van der Waals surface area contributed by atoms with E-state index < -0.39 is 101 Å². The van der Waals surface area contributed by atoms with Crippen LogP contribution in [0.5, 0.6) is 17.2 Å². The number of fused-ring (bicyclic) bond motifs is 7. The molecule has 5 amide bonds. The first-order chi connectivity index (χ1) is 48.5. The van der Waals surface area contributed by atoms with E-state index in [9.17, 15) is 58.5 Å². The summed E-state index contributed by atoms with van der Waals surface area (Å²) in [6.45, 7) is 8.08. The van der Waals surface area contributed by atoms with Gasteiger partial charge in [-0.2, -0.15) is 23.5 Å². The van der Waals surface area contributed by atoms with Gasteiger partial charge in [0.15, 0.2) is 36.2 Å². The minimum Gasteiger partial charge on any atom is -0.507 e. The number of Topliss-reactive ketones (excluding diaryl/α,β-unsaturated/α-hetero) is 2. The highest BCUT2D eigenvalue weighted by Crippen LogP contribution is 2.55. The number of thioether (sulfide) groups is 2. The van der Waals surface area contributed by atoms with E-state index in [-0.39, 0.29) is 134 Å². The van der Waals surface area contributed by atoms with Crippen molar-refractivity contribution in [3.63, 3.8) is 0 Å². The predicted molar refractivity (Wildman–Crippen MR) is 371 cm³/mol. The van der Waals surface area contributed by atoms with Crippen molar-refractivity contribution in [2.75, 3.05) is 99.5 Å². The lowest BCUT2D eigenvalue weighted by Gasteiger charge is -2.43. The van der Waals surface area contributed by atoms with Crippen LogP contribution in [0.15, 0.2) is 41.8 Å². The molecular formula is C69H87N9O20S3. The number of thiazole rings is 1. The molecule has 3 aromatic carbocycles. The fraction of sp³-hybridized carbons (Fsp3) is 0.536. The van der Waals surface area contributed by atoms with E-state index in [1.54, 1.807) is 48.0 Å². The molecule has 7 N–H and O–H groups in total. The van der Waals surface area contributed by atoms with Gasteiger partial charge in [0, 0.05) is 130 Å². The van der Waals surface area contributed by atoms with Gasteiger partial charge in [-0.05, 0) is 50.6 Å². The number of amides is 5. The van der Waals surface area contributed by atoms with E-state index in [0.717, 1.165) is 45.3 Å². The predicted octanol–water partition coefficient (Wildman–Crippen LogP) is 4.32. The number of carbonyl (C=O) groups excluding carboxylic acids is 9. The van der Waals surface area contributed by atoms with Gasteiger partial charge in [-0.1, -0.05) is 19.1 Å². The molecule has 2 aliphatic carbocycles. The molecule has 0 radical (unpaired) electrons. The molecule has 0 unspecified atom stereocenters. The van der Waals surface area contributed by atoms with Crippen LogP contribution >= 0.6 is 34.9 Å². The first kappa shape index (κ1) is 77.6. The SMILES string of the molecule is CCC(=O)NCC(=O)CCC(=O)NCC(=O)CCC(=O)NCC(=O)N(C)Cc1nc([C@]2(O)Cc3c(O)c4c(c(O)c3[C@@H](O[C@H]3C[C@H]5[C@H](O[C@@H]6[C@@H](OC)OCCN65)[C@H](C)O3)C2)C(=O)c2c(OC)cccc2C4=O)cs1.CCOCCOCCNC(=O)c1ccc2nc(CSC)c(CSC)nc2c1. The van der Waals surface area contributed by atoms with Gasteiger partial charge >= 0.3 is 0 Å². The molecule has 8 atom stereocenters. The number of methoxy groups -OCH3 is 2. The standard InChI is InChI=1S/C50H60N6O17S.C19H27N3O3S2/c1-6-33(59)51-19-25(57)10-12-34(60)52-20-26(58)11-13-35(61)53-21-37(62)55(3)22-36-54-32(23-74-36)50(67)17-28-40(46(66)42-41(44(28)64)43(63)27-8-7-9-30(68-4)39(27)45(42)65)31(18-50)72-38-16-29-47(24(2)71-38)73-48-49(69-5)70-15-14-56(29)48;1-4-24-9-10-25-8-7-20-19(23)14-5-6-15-16(11-14)22-18(13-27-3)17(21-15)12-26-2/h7-9,23-24,29,31,38,47-49,64,66-67H,6,10-22H2,1-5H3,(H,51,59)(H,52,60)(H,53,61);5-6,11H,4,7-10,12-13H2,1-3H3,(H,20,23)/t24-,29-,31-,38-,47+,48+,49-,50-;/m0./s1. The van der Waals surface area contributed by atoms with Gasteiger partial charge in [-0.25, -0.2) is 15.0 Å². The van der Waals surface area contributed by atoms with Crippen LogP contribution in [0.25, 0.3) is 11.0 Å². The monoisotopic (exact) mass is 1460 g/mol. The van der Waals surface area contributed by atoms with Crippen molar-refractivity contribution in [1.82, 2.24) is 46.0 Å². The average molecular weight is 1460 g/mol. The Morgan fingerprint density at radius 2 is 1.47 bits per heavy atom. The summed E-state index contributed by atoms with van der Waals surface area (Å²) in [4.78, 5) is 132. The molecule has 0 spiro atoms. The summed E-state index contributed by atoms with van der Waals surface area (Å²) < 4.78 is 46.9. The summed E-state index contributed by atoms with van der Waals surface area (Å²) in [5.41, 5.74) is 1.35. The van der Waals surface area contributed by atoms with E-state index in [1.165, 1.54) is 44.4 Å². The number of phenols is 2. The van der Waals surface area contributed by atoms with E-state index >= 15 is 0 Å². The number of aromatic nitrogens is 3. The molecule has 5 aliphatic rings. The maximum atomic E-state index is 14.3. The molecule has 10 rings (SSSR count). The van der Waals surface area contributed by atoms with Gasteiger partial charge in [-0.3, -0.25) is 48.1 Å². The van der Waals surface area contributed by atoms with Gasteiger partial charge in [0.2, 0.25) is 29.4 Å². The summed E-state index contributed by atoms with van der Waals surface area (Å²) in [6.07, 6.45) is -1.02. The number of hydrogen-bond acceptors (Lipinski definition) is 27. The lowest BCUT2D eigenvalue weighted by atomic mass is 9.72. The summed E-state index contributed by atoms with van der Waals surface area (Å²) in [6, 6.07) is 9.72. The fourth-order valence-electron chi connectivity index (χ4n) is 12.6. The van der Waals surface area contributed by atoms with Crippen molar-refractivity contribution in [1.29, 1.82) is 0 Å². The summed E-state index contributed by atoms with van der Waals surface area (Å²) >= 11 is 4.58. The van der Waals surface area contributed by atoms with Crippen molar-refractivity contribution in [2.45, 2.75) is 139 Å². The number of aromatic hydroxyl groups is 2. The minimum absolute atomic E-state index is 0.00834. The van der Waals surface area contributed by atoms with Gasteiger partial charge in [0.25, 0.3) is 5.91 Å². The number of morpholine rings is 1. The molecule has 32 heteroatoms. The third kappa shape index (κ3) is 18.8. The highest BCUT2D eigenvalue weighted by atomic mass is 32.2. The topological polar surface area (TPSA) is 381 Å². The number of carbonyl (C=O) groups is 9. The summed E-state index contributed by atoms with van der Waals surface area (Å²) in [5, 5.41) is 49.2. The molecule has 0 saturated carbocycles. The van der Waals surface area contributed by atoms with Crippen LogP contribution in [-0.4, -0.2) is 229 Å². The van der Waals surface area contributed by atoms with Gasteiger partial charge < -0.3 is 79.4 Å². The Balaban J connectivity index is 0.000000368. The number of nitrogens with zero attached hydrogens (tertiary/aromatic N) is 5. The first-order valence-electron chi connectivity index (χ1n) is 33.2. The van der Waals surface area contributed by atoms with Crippen LogP contribution in [0.4, 0.5) is 0 Å². The van der Waals surface area contributed by atoms with Gasteiger partial charge in [0.05, 0.1) is 117 Å². The molecule has 3 fully saturated rings. The van der Waals surface area contributed by atoms with E-state index in [4.69, 9.17) is 52.8 Å². The maximum Gasteiger partial charge on any atom is 0.251 e. The van der Waals surface area contributed by atoms with Crippen LogP contribution in [0.2, 0.25) is 0 Å². The van der Waals surface area contributed by atoms with Crippen LogP contribution in [0.1, 0.15) is 147 Å². The number of nitrogens with one attached hydrogen (secondary N) is 4. The van der Waals surface area contributed by atoms with E-state index in [1.807, 2.05) is 19.9 Å². The molecule has 29 nitrogen and oxygen atoms in total. The quantitative estimate of drug-likeness (QED) is 0.0228. The summed E-state index contributed by atoms with van der Waals surface area (Å²) in [5.74, 6) is -3.78. The van der Waals surface area contributed by atoms with Gasteiger partial charge in [-0.15, -0.1) is 11.3 Å². The smallest absolute Gasteiger partial charge is 0.251 e. The Hall–Kier alpha value is -7.60. The van der Waals surface area contributed by atoms with Crippen LogP contribution in [0, 0.1) is 0 Å². The third-order valence-electron chi connectivity index (χ3n) is 17.7. The first-order valence-corrected chi connectivity index (χ1v) is 36.9. The lowest BCUT2D eigenvalue weighted by molar-refractivity contribution is -0.256. The fourth-order valence-corrected chi connectivity index (χ4v) is 14.5. The molecule has 0 bridgehead atoms. The zero-order chi connectivity index (χ0) is 72.7. The molecule has 3 saturated heterocycles. The number of ketones is 4. The third-order valence-corrected chi connectivity index (χ3v) is 19.7. The van der Waals surface area contributed by atoms with Crippen molar-refractivity contribution in [3.8, 4) is 17.2 Å². The second-order valence-corrected chi connectivity index (χ2v) is 27.3. The molecule has 3 aliphatic heterocycles.